The Morgan fingerprint density at radius 1 is 1.30 bits per heavy atom. The van der Waals surface area contributed by atoms with Gasteiger partial charge in [0, 0.05) is 19.7 Å². The van der Waals surface area contributed by atoms with E-state index >= 15 is 0 Å². The molecule has 2 fully saturated rings. The summed E-state index contributed by atoms with van der Waals surface area (Å²) in [6.07, 6.45) is 4.48. The number of rotatable bonds is 0. The van der Waals surface area contributed by atoms with E-state index in [1.165, 1.54) is 25.8 Å². The maximum absolute atomic E-state index is 7.00. The van der Waals surface area contributed by atoms with Crippen molar-refractivity contribution in [2.24, 2.45) is 5.92 Å². The molecule has 2 rings (SSSR count). The molecule has 0 spiro atoms. The highest BCUT2D eigenvalue weighted by atomic mass is 16.2. The number of hydrogen-bond acceptors (Lipinski definition) is 2. The van der Waals surface area contributed by atoms with E-state index in [-0.39, 0.29) is 0 Å². The van der Waals surface area contributed by atoms with Crippen LogP contribution >= 0.6 is 0 Å². The molecule has 1 aliphatic carbocycles. The van der Waals surface area contributed by atoms with Crippen molar-refractivity contribution in [2.75, 3.05) is 20.7 Å². The van der Waals surface area contributed by atoms with Crippen molar-refractivity contribution in [3.05, 3.63) is 0 Å². The standard InChI is InChI=1S/C7H13N.CH4O/c1-8-5-6-2-3-7(8)4-6;1-2/h6-7H,2-5H2,1H3;2H,1H3. The van der Waals surface area contributed by atoms with Crippen LogP contribution in [0.5, 0.6) is 0 Å². The van der Waals surface area contributed by atoms with Gasteiger partial charge in [0.1, 0.15) is 0 Å². The minimum absolute atomic E-state index is 0.972. The van der Waals surface area contributed by atoms with Crippen molar-refractivity contribution in [3.63, 3.8) is 0 Å². The molecule has 0 aromatic carbocycles. The van der Waals surface area contributed by atoms with Crippen molar-refractivity contribution >= 4 is 0 Å². The molecule has 1 N–H and O–H groups in total. The predicted molar refractivity (Wildman–Crippen MR) is 41.9 cm³/mol. The fourth-order valence-electron chi connectivity index (χ4n) is 2.17. The third-order valence-electron chi connectivity index (χ3n) is 2.68. The Kier molecular flexibility index (Phi) is 2.69. The van der Waals surface area contributed by atoms with Gasteiger partial charge in [0.2, 0.25) is 0 Å². The first-order valence-electron chi connectivity index (χ1n) is 4.01. The lowest BCUT2D eigenvalue weighted by Crippen LogP contribution is -2.27. The predicted octanol–water partition coefficient (Wildman–Crippen LogP) is 0.709. The van der Waals surface area contributed by atoms with Gasteiger partial charge in [-0.2, -0.15) is 0 Å². The summed E-state index contributed by atoms with van der Waals surface area (Å²) in [6.45, 7) is 1.38. The lowest BCUT2D eigenvalue weighted by Gasteiger charge is -2.20. The molecule has 60 valence electrons. The van der Waals surface area contributed by atoms with Gasteiger partial charge in [0.15, 0.2) is 0 Å². The van der Waals surface area contributed by atoms with Gasteiger partial charge in [0.25, 0.3) is 0 Å². The van der Waals surface area contributed by atoms with Gasteiger partial charge in [-0.15, -0.1) is 0 Å². The zero-order valence-corrected chi connectivity index (χ0v) is 6.88. The minimum atomic E-state index is 0.972. The Bertz CT molecular complexity index is 103. The molecular formula is C8H17NO. The molecule has 1 saturated heterocycles. The minimum Gasteiger partial charge on any atom is -0.400 e. The summed E-state index contributed by atoms with van der Waals surface area (Å²) in [6, 6.07) is 0.972. The normalized spacial score (nSPS) is 37.5. The van der Waals surface area contributed by atoms with E-state index in [2.05, 4.69) is 11.9 Å². The fourth-order valence-corrected chi connectivity index (χ4v) is 2.17. The topological polar surface area (TPSA) is 23.5 Å². The Hall–Kier alpha value is -0.0800. The number of nitrogens with zero attached hydrogens (tertiary/aromatic N) is 1. The molecule has 0 amide bonds. The highest BCUT2D eigenvalue weighted by molar-refractivity contribution is 4.89. The van der Waals surface area contributed by atoms with Gasteiger partial charge >= 0.3 is 0 Å². The monoisotopic (exact) mass is 143 g/mol. The van der Waals surface area contributed by atoms with Gasteiger partial charge in [-0.25, -0.2) is 0 Å². The van der Waals surface area contributed by atoms with Crippen LogP contribution in [-0.4, -0.2) is 36.8 Å². The molecule has 2 atom stereocenters. The first kappa shape index (κ1) is 8.02. The second kappa shape index (κ2) is 3.35. The third-order valence-corrected chi connectivity index (χ3v) is 2.68. The van der Waals surface area contributed by atoms with E-state index in [1.807, 2.05) is 0 Å². The quantitative estimate of drug-likeness (QED) is 0.540. The van der Waals surface area contributed by atoms with Crippen LogP contribution in [0.4, 0.5) is 0 Å². The summed E-state index contributed by atoms with van der Waals surface area (Å²) in [4.78, 5) is 2.51. The van der Waals surface area contributed by atoms with E-state index in [9.17, 15) is 0 Å². The molecule has 2 aliphatic rings. The number of aliphatic hydroxyl groups excluding tert-OH is 1. The summed E-state index contributed by atoms with van der Waals surface area (Å²) >= 11 is 0. The fraction of sp³-hybridized carbons (Fsp3) is 1.00. The number of fused-ring (bicyclic) bond motifs is 2. The average molecular weight is 143 g/mol. The summed E-state index contributed by atoms with van der Waals surface area (Å²) < 4.78 is 0. The van der Waals surface area contributed by atoms with E-state index in [1.54, 1.807) is 0 Å². The molecule has 1 heterocycles. The van der Waals surface area contributed by atoms with Crippen LogP contribution in [-0.2, 0) is 0 Å². The van der Waals surface area contributed by atoms with Crippen molar-refractivity contribution in [3.8, 4) is 0 Å². The lowest BCUT2D eigenvalue weighted by molar-refractivity contribution is 0.261. The van der Waals surface area contributed by atoms with Crippen molar-refractivity contribution in [1.82, 2.24) is 4.90 Å². The van der Waals surface area contributed by atoms with Crippen LogP contribution in [0.3, 0.4) is 0 Å². The molecule has 0 aromatic rings. The van der Waals surface area contributed by atoms with E-state index < -0.39 is 0 Å². The molecule has 2 bridgehead atoms. The van der Waals surface area contributed by atoms with Gasteiger partial charge in [0.05, 0.1) is 0 Å². The maximum Gasteiger partial charge on any atom is 0.0319 e. The summed E-state index contributed by atoms with van der Waals surface area (Å²) in [5.41, 5.74) is 0. The molecule has 2 heteroatoms. The Balaban J connectivity index is 0.000000231. The average Bonchev–Trinajstić information content (AvgIpc) is 2.52. The zero-order valence-electron chi connectivity index (χ0n) is 6.88. The third kappa shape index (κ3) is 1.32. The summed E-state index contributed by atoms with van der Waals surface area (Å²) in [5.74, 6) is 1.07. The number of hydrogen-bond donors (Lipinski definition) is 1. The van der Waals surface area contributed by atoms with Crippen LogP contribution in [0.25, 0.3) is 0 Å². The molecular weight excluding hydrogens is 126 g/mol. The second-order valence-electron chi connectivity index (χ2n) is 3.27. The highest BCUT2D eigenvalue weighted by Crippen LogP contribution is 2.35. The van der Waals surface area contributed by atoms with Gasteiger partial charge in [-0.05, 0) is 32.2 Å². The molecule has 2 nitrogen and oxygen atoms in total. The molecule has 1 aliphatic heterocycles. The van der Waals surface area contributed by atoms with Gasteiger partial charge < -0.3 is 10.0 Å². The first-order chi connectivity index (χ1) is 4.86. The van der Waals surface area contributed by atoms with E-state index in [0.717, 1.165) is 19.1 Å². The van der Waals surface area contributed by atoms with Crippen LogP contribution < -0.4 is 0 Å². The zero-order chi connectivity index (χ0) is 7.56. The summed E-state index contributed by atoms with van der Waals surface area (Å²) in [7, 11) is 3.25. The molecule has 0 aromatic heterocycles. The summed E-state index contributed by atoms with van der Waals surface area (Å²) in [5, 5.41) is 7.00. The van der Waals surface area contributed by atoms with E-state index in [0.29, 0.717) is 0 Å². The van der Waals surface area contributed by atoms with Crippen LogP contribution in [0, 0.1) is 5.92 Å². The smallest absolute Gasteiger partial charge is 0.0319 e. The largest absolute Gasteiger partial charge is 0.400 e. The highest BCUT2D eigenvalue weighted by Gasteiger charge is 2.34. The van der Waals surface area contributed by atoms with Crippen LogP contribution in [0.15, 0.2) is 0 Å². The van der Waals surface area contributed by atoms with Crippen LogP contribution in [0.1, 0.15) is 19.3 Å². The van der Waals surface area contributed by atoms with Crippen molar-refractivity contribution in [1.29, 1.82) is 0 Å². The Morgan fingerprint density at radius 2 is 2.00 bits per heavy atom. The number of likely N-dealkylation sites (tertiary alicyclic amines) is 1. The second-order valence-corrected chi connectivity index (χ2v) is 3.27. The Morgan fingerprint density at radius 3 is 2.20 bits per heavy atom. The van der Waals surface area contributed by atoms with Gasteiger partial charge in [-0.1, -0.05) is 0 Å². The number of aliphatic hydroxyl groups is 1. The van der Waals surface area contributed by atoms with Crippen LogP contribution in [0.2, 0.25) is 0 Å². The SMILES string of the molecule is CN1CC2CCC1C2.CO. The maximum atomic E-state index is 7.00. The Labute approximate surface area is 62.8 Å². The molecule has 1 saturated carbocycles. The molecule has 2 unspecified atom stereocenters. The molecule has 0 radical (unpaired) electrons. The molecule has 10 heavy (non-hydrogen) atoms. The number of piperidine rings is 1. The van der Waals surface area contributed by atoms with Crippen molar-refractivity contribution < 1.29 is 5.11 Å². The lowest BCUT2D eigenvalue weighted by atomic mass is 10.1. The first-order valence-corrected chi connectivity index (χ1v) is 4.01. The van der Waals surface area contributed by atoms with Gasteiger partial charge in [-0.3, -0.25) is 0 Å². The van der Waals surface area contributed by atoms with Crippen molar-refractivity contribution in [2.45, 2.75) is 25.3 Å². The van der Waals surface area contributed by atoms with E-state index in [4.69, 9.17) is 5.11 Å².